The lowest BCUT2D eigenvalue weighted by Crippen LogP contribution is -2.28. The molecule has 1 aliphatic rings. The van der Waals surface area contributed by atoms with Crippen LogP contribution in [0.25, 0.3) is 11.4 Å². The molecule has 1 atom stereocenters. The van der Waals surface area contributed by atoms with Crippen molar-refractivity contribution in [2.75, 3.05) is 16.8 Å². The second kappa shape index (κ2) is 7.05. The van der Waals surface area contributed by atoms with Crippen molar-refractivity contribution >= 4 is 34.0 Å². The molecule has 2 amide bonds. The molecule has 0 saturated carbocycles. The van der Waals surface area contributed by atoms with Crippen molar-refractivity contribution in [1.29, 1.82) is 0 Å². The van der Waals surface area contributed by atoms with Crippen LogP contribution in [0.15, 0.2) is 60.1 Å². The van der Waals surface area contributed by atoms with Gasteiger partial charge in [-0.2, -0.15) is 0 Å². The largest absolute Gasteiger partial charge is 0.312 e. The molecule has 130 valence electrons. The summed E-state index contributed by atoms with van der Waals surface area (Å²) in [6, 6.07) is 15.0. The Labute approximate surface area is 154 Å². The molecule has 1 unspecified atom stereocenters. The number of hydrogen-bond acceptors (Lipinski definition) is 5. The van der Waals surface area contributed by atoms with Gasteiger partial charge >= 0.3 is 0 Å². The minimum Gasteiger partial charge on any atom is -0.312 e. The van der Waals surface area contributed by atoms with Crippen LogP contribution < -0.4 is 10.2 Å². The van der Waals surface area contributed by atoms with Crippen molar-refractivity contribution in [1.82, 2.24) is 9.97 Å². The van der Waals surface area contributed by atoms with E-state index < -0.39 is 0 Å². The molecule has 1 saturated heterocycles. The van der Waals surface area contributed by atoms with Crippen molar-refractivity contribution < 1.29 is 9.59 Å². The molecule has 0 bridgehead atoms. The molecule has 7 heteroatoms. The zero-order valence-electron chi connectivity index (χ0n) is 13.8. The first-order chi connectivity index (χ1) is 12.7. The van der Waals surface area contributed by atoms with Crippen LogP contribution in [0.4, 0.5) is 10.8 Å². The molecular weight excluding hydrogens is 348 g/mol. The van der Waals surface area contributed by atoms with Gasteiger partial charge in [0.25, 0.3) is 0 Å². The highest BCUT2D eigenvalue weighted by Crippen LogP contribution is 2.27. The molecule has 26 heavy (non-hydrogen) atoms. The molecular formula is C19H16N4O2S. The Kier molecular flexibility index (Phi) is 4.45. The summed E-state index contributed by atoms with van der Waals surface area (Å²) < 4.78 is 0. The molecule has 3 heterocycles. The maximum atomic E-state index is 12.5. The standard InChI is InChI=1S/C19H16N4O2S/c24-17-10-13(11-23(17)14-6-2-1-3-7-14)18(25)22-19-21-16(12-26-19)15-8-4-5-9-20-15/h1-9,12-13H,10-11H2,(H,21,22,25). The van der Waals surface area contributed by atoms with Gasteiger partial charge < -0.3 is 10.2 Å². The number of nitrogens with zero attached hydrogens (tertiary/aromatic N) is 3. The summed E-state index contributed by atoms with van der Waals surface area (Å²) in [6.07, 6.45) is 1.91. The number of para-hydroxylation sites is 1. The lowest BCUT2D eigenvalue weighted by molar-refractivity contribution is -0.122. The summed E-state index contributed by atoms with van der Waals surface area (Å²) in [5, 5.41) is 5.20. The van der Waals surface area contributed by atoms with Gasteiger partial charge in [0.05, 0.1) is 11.6 Å². The van der Waals surface area contributed by atoms with Crippen LogP contribution in [-0.4, -0.2) is 28.3 Å². The lowest BCUT2D eigenvalue weighted by atomic mass is 10.1. The Balaban J connectivity index is 1.43. The summed E-state index contributed by atoms with van der Waals surface area (Å²) in [5.41, 5.74) is 2.30. The summed E-state index contributed by atoms with van der Waals surface area (Å²) in [5.74, 6) is -0.603. The highest BCUT2D eigenvalue weighted by Gasteiger charge is 2.35. The SMILES string of the molecule is O=C(Nc1nc(-c2ccccn2)cs1)C1CC(=O)N(c2ccccc2)C1. The van der Waals surface area contributed by atoms with Crippen LogP contribution in [-0.2, 0) is 9.59 Å². The molecule has 0 radical (unpaired) electrons. The number of carbonyl (C=O) groups excluding carboxylic acids is 2. The zero-order chi connectivity index (χ0) is 17.9. The number of pyridine rings is 1. The van der Waals surface area contributed by atoms with Crippen LogP contribution in [0.3, 0.4) is 0 Å². The number of rotatable bonds is 4. The highest BCUT2D eigenvalue weighted by molar-refractivity contribution is 7.14. The molecule has 3 aromatic rings. The minimum absolute atomic E-state index is 0.0373. The van der Waals surface area contributed by atoms with E-state index in [9.17, 15) is 9.59 Å². The van der Waals surface area contributed by atoms with E-state index in [1.54, 1.807) is 11.1 Å². The van der Waals surface area contributed by atoms with E-state index in [0.717, 1.165) is 17.1 Å². The van der Waals surface area contributed by atoms with Crippen LogP contribution in [0, 0.1) is 5.92 Å². The molecule has 0 aliphatic carbocycles. The smallest absolute Gasteiger partial charge is 0.231 e. The second-order valence-corrected chi connectivity index (χ2v) is 6.84. The maximum absolute atomic E-state index is 12.5. The van der Waals surface area contributed by atoms with Crippen LogP contribution in [0.2, 0.25) is 0 Å². The van der Waals surface area contributed by atoms with Crippen molar-refractivity contribution in [2.24, 2.45) is 5.92 Å². The Hall–Kier alpha value is -3.06. The van der Waals surface area contributed by atoms with Gasteiger partial charge in [0, 0.05) is 30.2 Å². The van der Waals surface area contributed by atoms with Crippen molar-refractivity contribution in [3.05, 3.63) is 60.1 Å². The highest BCUT2D eigenvalue weighted by atomic mass is 32.1. The Morgan fingerprint density at radius 2 is 1.92 bits per heavy atom. The normalized spacial score (nSPS) is 16.7. The first-order valence-corrected chi connectivity index (χ1v) is 9.12. The molecule has 6 nitrogen and oxygen atoms in total. The Morgan fingerprint density at radius 1 is 1.12 bits per heavy atom. The van der Waals surface area contributed by atoms with Gasteiger partial charge in [-0.3, -0.25) is 14.6 Å². The van der Waals surface area contributed by atoms with Crippen molar-refractivity contribution in [3.8, 4) is 11.4 Å². The molecule has 1 fully saturated rings. The Bertz CT molecular complexity index is 927. The van der Waals surface area contributed by atoms with Gasteiger partial charge in [-0.25, -0.2) is 4.98 Å². The molecule has 1 aliphatic heterocycles. The van der Waals surface area contributed by atoms with Crippen molar-refractivity contribution in [2.45, 2.75) is 6.42 Å². The Morgan fingerprint density at radius 3 is 2.69 bits per heavy atom. The van der Waals surface area contributed by atoms with Crippen molar-refractivity contribution in [3.63, 3.8) is 0 Å². The fourth-order valence-electron chi connectivity index (χ4n) is 2.91. The summed E-state index contributed by atoms with van der Waals surface area (Å²) >= 11 is 1.35. The predicted molar refractivity (Wildman–Crippen MR) is 101 cm³/mol. The predicted octanol–water partition coefficient (Wildman–Crippen LogP) is 3.20. The van der Waals surface area contributed by atoms with Gasteiger partial charge in [0.2, 0.25) is 11.8 Å². The van der Waals surface area contributed by atoms with E-state index in [0.29, 0.717) is 11.7 Å². The first kappa shape index (κ1) is 16.4. The van der Waals surface area contributed by atoms with E-state index in [2.05, 4.69) is 15.3 Å². The third-order valence-electron chi connectivity index (χ3n) is 4.23. The monoisotopic (exact) mass is 364 g/mol. The molecule has 1 aromatic carbocycles. The van der Waals surface area contributed by atoms with Gasteiger partial charge in [-0.05, 0) is 24.3 Å². The number of benzene rings is 1. The van der Waals surface area contributed by atoms with E-state index in [-0.39, 0.29) is 24.2 Å². The van der Waals surface area contributed by atoms with Crippen LogP contribution in [0.1, 0.15) is 6.42 Å². The van der Waals surface area contributed by atoms with Gasteiger partial charge in [-0.1, -0.05) is 24.3 Å². The van der Waals surface area contributed by atoms with Gasteiger partial charge in [0.1, 0.15) is 5.69 Å². The summed E-state index contributed by atoms with van der Waals surface area (Å²) in [6.45, 7) is 0.382. The zero-order valence-corrected chi connectivity index (χ0v) is 14.6. The van der Waals surface area contributed by atoms with Crippen LogP contribution >= 0.6 is 11.3 Å². The topological polar surface area (TPSA) is 75.2 Å². The number of amides is 2. The van der Waals surface area contributed by atoms with Gasteiger partial charge in [0.15, 0.2) is 5.13 Å². The number of aromatic nitrogens is 2. The maximum Gasteiger partial charge on any atom is 0.231 e. The molecule has 4 rings (SSSR count). The summed E-state index contributed by atoms with van der Waals surface area (Å²) in [4.78, 5) is 35.1. The number of nitrogens with one attached hydrogen (secondary N) is 1. The summed E-state index contributed by atoms with van der Waals surface area (Å²) in [7, 11) is 0. The van der Waals surface area contributed by atoms with Crippen LogP contribution in [0.5, 0.6) is 0 Å². The van der Waals surface area contributed by atoms with Gasteiger partial charge in [-0.15, -0.1) is 11.3 Å². The molecule has 1 N–H and O–H groups in total. The van der Waals surface area contributed by atoms with E-state index in [1.165, 1.54) is 11.3 Å². The number of anilines is 2. The third-order valence-corrected chi connectivity index (χ3v) is 4.98. The quantitative estimate of drug-likeness (QED) is 0.771. The minimum atomic E-state index is -0.384. The lowest BCUT2D eigenvalue weighted by Gasteiger charge is -2.16. The van der Waals surface area contributed by atoms with E-state index in [1.807, 2.05) is 53.9 Å². The first-order valence-electron chi connectivity index (χ1n) is 8.24. The number of thiazole rings is 1. The average Bonchev–Trinajstić information content (AvgIpc) is 3.30. The van der Waals surface area contributed by atoms with E-state index >= 15 is 0 Å². The second-order valence-electron chi connectivity index (χ2n) is 5.98. The fraction of sp³-hybridized carbons (Fsp3) is 0.158. The average molecular weight is 364 g/mol. The molecule has 2 aromatic heterocycles. The molecule has 0 spiro atoms. The third kappa shape index (κ3) is 3.34. The van der Waals surface area contributed by atoms with E-state index in [4.69, 9.17) is 0 Å². The fourth-order valence-corrected chi connectivity index (χ4v) is 3.62. The number of carbonyl (C=O) groups is 2. The number of hydrogen-bond donors (Lipinski definition) is 1.